The lowest BCUT2D eigenvalue weighted by atomic mass is 9.94. The molecule has 1 saturated heterocycles. The fourth-order valence-corrected chi connectivity index (χ4v) is 3.49. The number of hydrogen-bond acceptors (Lipinski definition) is 6. The Balaban J connectivity index is 1.66. The van der Waals surface area contributed by atoms with Gasteiger partial charge in [-0.15, -0.1) is 0 Å². The van der Waals surface area contributed by atoms with Gasteiger partial charge in [-0.1, -0.05) is 0 Å². The number of carboxylic acid groups (broad SMARTS) is 1. The van der Waals surface area contributed by atoms with Crippen LogP contribution in [0.2, 0.25) is 0 Å². The van der Waals surface area contributed by atoms with E-state index in [4.69, 9.17) is 4.74 Å². The summed E-state index contributed by atoms with van der Waals surface area (Å²) in [5.74, 6) is -3.56. The largest absolute Gasteiger partial charge is 0.477 e. The molecule has 1 aliphatic carbocycles. The first-order valence-electron chi connectivity index (χ1n) is 9.41. The standard InChI is InChI=1S/C18H24F2N4O4/c1-11(25)24-8-4-12(5-9-24)21-15-10-14(16(26)27)22-17(23-15)28-13-2-6-18(19,20)7-3-13/h10,12-13H,2-9H2,1H3,(H,26,27)(H,21,22,23). The highest BCUT2D eigenvalue weighted by molar-refractivity contribution is 5.86. The van der Waals surface area contributed by atoms with Crippen molar-refractivity contribution in [1.29, 1.82) is 0 Å². The van der Waals surface area contributed by atoms with Gasteiger partial charge in [0, 0.05) is 45.0 Å². The van der Waals surface area contributed by atoms with Gasteiger partial charge >= 0.3 is 12.0 Å². The Morgan fingerprint density at radius 3 is 2.43 bits per heavy atom. The van der Waals surface area contributed by atoms with Crippen LogP contribution in [-0.4, -0.2) is 63.0 Å². The molecule has 10 heteroatoms. The molecule has 8 nitrogen and oxygen atoms in total. The zero-order valence-electron chi connectivity index (χ0n) is 15.7. The number of nitrogens with one attached hydrogen (secondary N) is 1. The van der Waals surface area contributed by atoms with Crippen molar-refractivity contribution < 1.29 is 28.2 Å². The molecule has 0 radical (unpaired) electrons. The second-order valence-corrected chi connectivity index (χ2v) is 7.32. The van der Waals surface area contributed by atoms with E-state index in [9.17, 15) is 23.5 Å². The first kappa shape index (κ1) is 20.2. The van der Waals surface area contributed by atoms with Gasteiger partial charge in [-0.05, 0) is 25.7 Å². The Morgan fingerprint density at radius 2 is 1.86 bits per heavy atom. The maximum atomic E-state index is 13.3. The molecule has 3 rings (SSSR count). The van der Waals surface area contributed by atoms with Crippen LogP contribution in [0.15, 0.2) is 6.07 Å². The number of aromatic carboxylic acids is 1. The number of rotatable bonds is 5. The maximum Gasteiger partial charge on any atom is 0.354 e. The second-order valence-electron chi connectivity index (χ2n) is 7.32. The van der Waals surface area contributed by atoms with Gasteiger partial charge in [0.15, 0.2) is 5.69 Å². The lowest BCUT2D eigenvalue weighted by molar-refractivity contribution is -0.129. The van der Waals surface area contributed by atoms with Crippen LogP contribution in [0.25, 0.3) is 0 Å². The molecular weight excluding hydrogens is 374 g/mol. The number of aromatic nitrogens is 2. The fourth-order valence-electron chi connectivity index (χ4n) is 3.49. The highest BCUT2D eigenvalue weighted by Gasteiger charge is 2.36. The highest BCUT2D eigenvalue weighted by atomic mass is 19.3. The molecule has 1 aliphatic heterocycles. The number of amides is 1. The molecule has 2 aliphatic rings. The van der Waals surface area contributed by atoms with Crippen LogP contribution in [0, 0.1) is 0 Å². The van der Waals surface area contributed by atoms with Crippen molar-refractivity contribution in [2.45, 2.75) is 63.5 Å². The number of likely N-dealkylation sites (tertiary alicyclic amines) is 1. The van der Waals surface area contributed by atoms with E-state index in [0.29, 0.717) is 31.7 Å². The Bertz CT molecular complexity index is 728. The second kappa shape index (κ2) is 8.24. The quantitative estimate of drug-likeness (QED) is 0.785. The number of ether oxygens (including phenoxy) is 1. The average Bonchev–Trinajstić information content (AvgIpc) is 2.64. The minimum atomic E-state index is -2.68. The van der Waals surface area contributed by atoms with Gasteiger partial charge < -0.3 is 20.1 Å². The zero-order valence-corrected chi connectivity index (χ0v) is 15.7. The predicted molar refractivity (Wildman–Crippen MR) is 95.7 cm³/mol. The van der Waals surface area contributed by atoms with E-state index in [2.05, 4.69) is 15.3 Å². The normalized spacial score (nSPS) is 20.6. The summed E-state index contributed by atoms with van der Waals surface area (Å²) in [6.07, 6.45) is 0.751. The van der Waals surface area contributed by atoms with Gasteiger partial charge in [-0.3, -0.25) is 4.79 Å². The summed E-state index contributed by atoms with van der Waals surface area (Å²) in [6, 6.07) is 1.23. The van der Waals surface area contributed by atoms with Crippen LogP contribution in [0.5, 0.6) is 6.01 Å². The van der Waals surface area contributed by atoms with Gasteiger partial charge in [-0.25, -0.2) is 13.6 Å². The first-order valence-corrected chi connectivity index (χ1v) is 9.41. The fraction of sp³-hybridized carbons (Fsp3) is 0.667. The third-order valence-corrected chi connectivity index (χ3v) is 5.15. The van der Waals surface area contributed by atoms with Crippen molar-refractivity contribution in [3.63, 3.8) is 0 Å². The van der Waals surface area contributed by atoms with Crippen LogP contribution in [0.3, 0.4) is 0 Å². The summed E-state index contributed by atoms with van der Waals surface area (Å²) in [5, 5.41) is 12.5. The van der Waals surface area contributed by atoms with E-state index >= 15 is 0 Å². The number of halogens is 2. The number of carbonyl (C=O) groups is 2. The summed E-state index contributed by atoms with van der Waals surface area (Å²) >= 11 is 0. The predicted octanol–water partition coefficient (Wildman–Crippen LogP) is 2.55. The number of hydrogen-bond donors (Lipinski definition) is 2. The molecule has 2 N–H and O–H groups in total. The molecule has 1 saturated carbocycles. The third kappa shape index (κ3) is 5.26. The monoisotopic (exact) mass is 398 g/mol. The molecule has 1 aromatic heterocycles. The third-order valence-electron chi connectivity index (χ3n) is 5.15. The summed E-state index contributed by atoms with van der Waals surface area (Å²) in [5.41, 5.74) is -0.227. The Kier molecular flexibility index (Phi) is 5.95. The summed E-state index contributed by atoms with van der Waals surface area (Å²) in [7, 11) is 0. The number of carboxylic acids is 1. The van der Waals surface area contributed by atoms with Crippen molar-refractivity contribution in [3.8, 4) is 6.01 Å². The minimum absolute atomic E-state index is 0.0300. The summed E-state index contributed by atoms with van der Waals surface area (Å²) in [4.78, 5) is 32.6. The van der Waals surface area contributed by atoms with E-state index in [-0.39, 0.29) is 49.3 Å². The van der Waals surface area contributed by atoms with Crippen molar-refractivity contribution >= 4 is 17.7 Å². The van der Waals surface area contributed by atoms with E-state index in [1.807, 2.05) is 0 Å². The Labute approximate surface area is 161 Å². The molecule has 154 valence electrons. The summed E-state index contributed by atoms with van der Waals surface area (Å²) in [6.45, 7) is 2.76. The molecule has 0 aromatic carbocycles. The van der Waals surface area contributed by atoms with E-state index in [0.717, 1.165) is 0 Å². The molecule has 0 spiro atoms. The van der Waals surface area contributed by atoms with Crippen LogP contribution in [0.1, 0.15) is 55.9 Å². The molecule has 28 heavy (non-hydrogen) atoms. The molecule has 1 aromatic rings. The molecular formula is C18H24F2N4O4. The minimum Gasteiger partial charge on any atom is -0.477 e. The maximum absolute atomic E-state index is 13.3. The molecule has 1 amide bonds. The Hall–Kier alpha value is -2.52. The van der Waals surface area contributed by atoms with Crippen molar-refractivity contribution in [3.05, 3.63) is 11.8 Å². The van der Waals surface area contributed by atoms with Gasteiger partial charge in [0.1, 0.15) is 11.9 Å². The molecule has 0 atom stereocenters. The number of nitrogens with zero attached hydrogens (tertiary/aromatic N) is 3. The number of piperidine rings is 1. The lowest BCUT2D eigenvalue weighted by Gasteiger charge is -2.32. The van der Waals surface area contributed by atoms with E-state index < -0.39 is 18.0 Å². The number of anilines is 1. The van der Waals surface area contributed by atoms with Crippen LogP contribution in [-0.2, 0) is 4.79 Å². The van der Waals surface area contributed by atoms with Crippen molar-refractivity contribution in [2.24, 2.45) is 0 Å². The average molecular weight is 398 g/mol. The smallest absolute Gasteiger partial charge is 0.354 e. The zero-order chi connectivity index (χ0) is 20.3. The van der Waals surface area contributed by atoms with Crippen LogP contribution in [0.4, 0.5) is 14.6 Å². The number of carbonyl (C=O) groups excluding carboxylic acids is 1. The Morgan fingerprint density at radius 1 is 1.21 bits per heavy atom. The van der Waals surface area contributed by atoms with Crippen LogP contribution < -0.4 is 10.1 Å². The highest BCUT2D eigenvalue weighted by Crippen LogP contribution is 2.34. The molecule has 2 heterocycles. The van der Waals surface area contributed by atoms with E-state index in [1.54, 1.807) is 4.90 Å². The lowest BCUT2D eigenvalue weighted by Crippen LogP contribution is -2.41. The van der Waals surface area contributed by atoms with E-state index in [1.165, 1.54) is 13.0 Å². The van der Waals surface area contributed by atoms with Crippen LogP contribution >= 0.6 is 0 Å². The number of alkyl halides is 2. The first-order chi connectivity index (χ1) is 13.2. The summed E-state index contributed by atoms with van der Waals surface area (Å²) < 4.78 is 32.2. The molecule has 2 fully saturated rings. The SMILES string of the molecule is CC(=O)N1CCC(Nc2cc(C(=O)O)nc(OC3CCC(F)(F)CC3)n2)CC1. The van der Waals surface area contributed by atoms with Gasteiger partial charge in [0.25, 0.3) is 0 Å². The van der Waals surface area contributed by atoms with Crippen molar-refractivity contribution in [1.82, 2.24) is 14.9 Å². The van der Waals surface area contributed by atoms with Gasteiger partial charge in [-0.2, -0.15) is 9.97 Å². The molecule has 0 bridgehead atoms. The van der Waals surface area contributed by atoms with Crippen molar-refractivity contribution in [2.75, 3.05) is 18.4 Å². The molecule has 0 unspecified atom stereocenters. The van der Waals surface area contributed by atoms with Gasteiger partial charge in [0.2, 0.25) is 11.8 Å². The topological polar surface area (TPSA) is 105 Å². The van der Waals surface area contributed by atoms with Gasteiger partial charge in [0.05, 0.1) is 0 Å².